The average molecular weight is 239 g/mol. The van der Waals surface area contributed by atoms with Crippen molar-refractivity contribution < 1.29 is 9.53 Å². The monoisotopic (exact) mass is 239 g/mol. The molecule has 0 aliphatic carbocycles. The van der Waals surface area contributed by atoms with Crippen LogP contribution in [0.15, 0.2) is 5.11 Å². The molecule has 0 bridgehead atoms. The Hall–Kier alpha value is -1.22. The van der Waals surface area contributed by atoms with Crippen molar-refractivity contribution in [1.29, 1.82) is 0 Å². The maximum atomic E-state index is 11.7. The van der Waals surface area contributed by atoms with E-state index < -0.39 is 0 Å². The Bertz CT molecular complexity index is 322. The summed E-state index contributed by atoms with van der Waals surface area (Å²) in [5.74, 6) is 0.496. The molecule has 5 heteroatoms. The first-order chi connectivity index (χ1) is 7.95. The first-order valence-electron chi connectivity index (χ1n) is 6.20. The average Bonchev–Trinajstić information content (AvgIpc) is 2.59. The minimum Gasteiger partial charge on any atom is -0.462 e. The van der Waals surface area contributed by atoms with Crippen LogP contribution in [-0.4, -0.2) is 18.1 Å². The number of carbonyl (C=O) groups is 1. The van der Waals surface area contributed by atoms with Crippen molar-refractivity contribution >= 4 is 5.97 Å². The molecule has 17 heavy (non-hydrogen) atoms. The van der Waals surface area contributed by atoms with E-state index in [1.54, 1.807) is 0 Å². The Morgan fingerprint density at radius 2 is 2.12 bits per heavy atom. The number of hydrogen-bond donors (Lipinski definition) is 0. The summed E-state index contributed by atoms with van der Waals surface area (Å²) < 4.78 is 5.35. The van der Waals surface area contributed by atoms with Gasteiger partial charge in [-0.05, 0) is 30.2 Å². The van der Waals surface area contributed by atoms with E-state index in [0.717, 1.165) is 6.42 Å². The number of azide groups is 1. The summed E-state index contributed by atoms with van der Waals surface area (Å²) in [6, 6.07) is -0.229. The molecule has 1 aliphatic heterocycles. The van der Waals surface area contributed by atoms with Gasteiger partial charge in [0.05, 0.1) is 12.0 Å². The third kappa shape index (κ3) is 3.63. The van der Waals surface area contributed by atoms with Crippen LogP contribution in [0, 0.1) is 17.8 Å². The Labute approximate surface area is 102 Å². The standard InChI is InChI=1S/C12H21N3O2/c1-7(2)5-10(14-15-13)11-6-9(8(3)4)12(16)17-11/h7-11H,5-6H2,1-4H3/t9-,10+,11?/m0/s1. The molecule has 0 spiro atoms. The first kappa shape index (κ1) is 13.8. The second-order valence-corrected chi connectivity index (χ2v) is 5.46. The van der Waals surface area contributed by atoms with Crippen molar-refractivity contribution in [2.24, 2.45) is 22.9 Å². The van der Waals surface area contributed by atoms with E-state index in [2.05, 4.69) is 23.9 Å². The third-order valence-corrected chi connectivity index (χ3v) is 3.20. The van der Waals surface area contributed by atoms with Gasteiger partial charge in [-0.2, -0.15) is 0 Å². The van der Waals surface area contributed by atoms with Crippen LogP contribution in [0.1, 0.15) is 40.5 Å². The Morgan fingerprint density at radius 1 is 1.47 bits per heavy atom. The van der Waals surface area contributed by atoms with Crippen LogP contribution >= 0.6 is 0 Å². The van der Waals surface area contributed by atoms with Gasteiger partial charge in [-0.25, -0.2) is 0 Å². The van der Waals surface area contributed by atoms with Gasteiger partial charge < -0.3 is 4.74 Å². The van der Waals surface area contributed by atoms with Gasteiger partial charge in [0.25, 0.3) is 0 Å². The highest BCUT2D eigenvalue weighted by atomic mass is 16.6. The van der Waals surface area contributed by atoms with E-state index in [1.807, 2.05) is 13.8 Å². The zero-order chi connectivity index (χ0) is 13.0. The Kier molecular flexibility index (Phi) is 4.82. The third-order valence-electron chi connectivity index (χ3n) is 3.20. The van der Waals surface area contributed by atoms with Crippen molar-refractivity contribution in [3.8, 4) is 0 Å². The lowest BCUT2D eigenvalue weighted by molar-refractivity contribution is -0.145. The summed E-state index contributed by atoms with van der Waals surface area (Å²) in [7, 11) is 0. The minimum absolute atomic E-state index is 0.0523. The number of hydrogen-bond acceptors (Lipinski definition) is 3. The molecule has 5 nitrogen and oxygen atoms in total. The molecule has 0 aromatic carbocycles. The van der Waals surface area contributed by atoms with Gasteiger partial charge in [0.2, 0.25) is 0 Å². The molecular formula is C12H21N3O2. The lowest BCUT2D eigenvalue weighted by atomic mass is 9.89. The highest BCUT2D eigenvalue weighted by Crippen LogP contribution is 2.32. The summed E-state index contributed by atoms with van der Waals surface area (Å²) in [6.07, 6.45) is 1.19. The fraction of sp³-hybridized carbons (Fsp3) is 0.917. The molecule has 1 aliphatic rings. The number of ether oxygens (including phenoxy) is 1. The first-order valence-corrected chi connectivity index (χ1v) is 6.20. The van der Waals surface area contributed by atoms with E-state index in [4.69, 9.17) is 10.3 Å². The number of carbonyl (C=O) groups excluding carboxylic acids is 1. The molecule has 96 valence electrons. The molecule has 0 radical (unpaired) electrons. The van der Waals surface area contributed by atoms with Gasteiger partial charge in [0, 0.05) is 4.91 Å². The number of nitrogens with zero attached hydrogens (tertiary/aromatic N) is 3. The second kappa shape index (κ2) is 5.92. The SMILES string of the molecule is CC(C)C[C@@H](N=[N+]=[N-])C1C[C@@H](C(C)C)C(=O)O1. The predicted octanol–water partition coefficient (Wildman–Crippen LogP) is 3.30. The van der Waals surface area contributed by atoms with Crippen LogP contribution in [0.4, 0.5) is 0 Å². The maximum Gasteiger partial charge on any atom is 0.309 e. The molecule has 1 saturated heterocycles. The molecule has 0 aromatic heterocycles. The molecule has 0 N–H and O–H groups in total. The highest BCUT2D eigenvalue weighted by molar-refractivity contribution is 5.75. The van der Waals surface area contributed by atoms with E-state index in [9.17, 15) is 4.79 Å². The van der Waals surface area contributed by atoms with Gasteiger partial charge in [-0.1, -0.05) is 32.8 Å². The summed E-state index contributed by atoms with van der Waals surface area (Å²) in [5, 5.41) is 3.78. The fourth-order valence-corrected chi connectivity index (χ4v) is 2.23. The van der Waals surface area contributed by atoms with E-state index in [1.165, 1.54) is 0 Å². The summed E-state index contributed by atoms with van der Waals surface area (Å²) in [5.41, 5.74) is 8.57. The molecule has 1 rings (SSSR count). The smallest absolute Gasteiger partial charge is 0.309 e. The van der Waals surface area contributed by atoms with Crippen molar-refractivity contribution in [1.82, 2.24) is 0 Å². The Morgan fingerprint density at radius 3 is 2.53 bits per heavy atom. The second-order valence-electron chi connectivity index (χ2n) is 5.46. The maximum absolute atomic E-state index is 11.7. The zero-order valence-electron chi connectivity index (χ0n) is 11.0. The van der Waals surface area contributed by atoms with Crippen molar-refractivity contribution in [3.63, 3.8) is 0 Å². The number of cyclic esters (lactones) is 1. The molecule has 0 amide bonds. The molecule has 1 heterocycles. The van der Waals surface area contributed by atoms with Gasteiger partial charge in [0.1, 0.15) is 6.10 Å². The Balaban J connectivity index is 2.71. The molecular weight excluding hydrogens is 218 g/mol. The molecule has 3 atom stereocenters. The van der Waals surface area contributed by atoms with Crippen molar-refractivity contribution in [2.75, 3.05) is 0 Å². The van der Waals surface area contributed by atoms with Gasteiger partial charge in [-0.15, -0.1) is 0 Å². The van der Waals surface area contributed by atoms with E-state index in [-0.39, 0.29) is 30.0 Å². The number of esters is 1. The van der Waals surface area contributed by atoms with Crippen LogP contribution < -0.4 is 0 Å². The summed E-state index contributed by atoms with van der Waals surface area (Å²) in [6.45, 7) is 8.16. The largest absolute Gasteiger partial charge is 0.462 e. The topological polar surface area (TPSA) is 75.1 Å². The van der Waals surface area contributed by atoms with Crippen LogP contribution in [0.5, 0.6) is 0 Å². The van der Waals surface area contributed by atoms with Crippen molar-refractivity contribution in [2.45, 2.75) is 52.7 Å². The molecule has 0 aromatic rings. The van der Waals surface area contributed by atoms with E-state index >= 15 is 0 Å². The predicted molar refractivity (Wildman–Crippen MR) is 65.2 cm³/mol. The number of rotatable bonds is 5. The summed E-state index contributed by atoms with van der Waals surface area (Å²) in [4.78, 5) is 14.5. The molecule has 0 saturated carbocycles. The normalized spacial score (nSPS) is 25.9. The van der Waals surface area contributed by atoms with Crippen LogP contribution in [0.25, 0.3) is 10.4 Å². The van der Waals surface area contributed by atoms with Gasteiger partial charge in [-0.3, -0.25) is 4.79 Å². The van der Waals surface area contributed by atoms with E-state index in [0.29, 0.717) is 12.3 Å². The van der Waals surface area contributed by atoms with Crippen LogP contribution in [0.2, 0.25) is 0 Å². The molecule has 1 fully saturated rings. The zero-order valence-corrected chi connectivity index (χ0v) is 11.0. The fourth-order valence-electron chi connectivity index (χ4n) is 2.23. The summed E-state index contributed by atoms with van der Waals surface area (Å²) >= 11 is 0. The highest BCUT2D eigenvalue weighted by Gasteiger charge is 2.39. The van der Waals surface area contributed by atoms with Gasteiger partial charge in [0.15, 0.2) is 0 Å². The lowest BCUT2D eigenvalue weighted by Crippen LogP contribution is -2.25. The minimum atomic E-state index is -0.242. The molecule has 1 unspecified atom stereocenters. The van der Waals surface area contributed by atoms with Crippen LogP contribution in [0.3, 0.4) is 0 Å². The van der Waals surface area contributed by atoms with Gasteiger partial charge >= 0.3 is 5.97 Å². The van der Waals surface area contributed by atoms with Crippen LogP contribution in [-0.2, 0) is 9.53 Å². The van der Waals surface area contributed by atoms with Crippen molar-refractivity contribution in [3.05, 3.63) is 10.4 Å². The quantitative estimate of drug-likeness (QED) is 0.319. The lowest BCUT2D eigenvalue weighted by Gasteiger charge is -2.19.